The van der Waals surface area contributed by atoms with Crippen LogP contribution in [0.3, 0.4) is 0 Å². The molecule has 2 unspecified atom stereocenters. The largest absolute Gasteiger partial charge is 1.00 e. The van der Waals surface area contributed by atoms with Gasteiger partial charge in [-0.2, -0.15) is 0 Å². The van der Waals surface area contributed by atoms with E-state index in [2.05, 4.69) is 38.2 Å². The number of nitrogens with one attached hydrogen (secondary N) is 1. The molecule has 20 heavy (non-hydrogen) atoms. The van der Waals surface area contributed by atoms with Crippen molar-refractivity contribution in [1.82, 2.24) is 4.90 Å². The molecule has 0 radical (unpaired) electrons. The van der Waals surface area contributed by atoms with Crippen LogP contribution in [0, 0.1) is 0 Å². The topological polar surface area (TPSA) is 7.68 Å². The molecule has 0 amide bonds. The number of quaternary nitrogens is 1. The van der Waals surface area contributed by atoms with Gasteiger partial charge in [0.1, 0.15) is 6.20 Å². The maximum Gasteiger partial charge on any atom is 0.164 e. The number of hydrogen-bond donors (Lipinski definition) is 1. The summed E-state index contributed by atoms with van der Waals surface area (Å²) in [5, 5.41) is 0. The zero-order valence-electron chi connectivity index (χ0n) is 13.8. The molecule has 2 nitrogen and oxygen atoms in total. The van der Waals surface area contributed by atoms with Crippen LogP contribution in [0.2, 0.25) is 0 Å². The van der Waals surface area contributed by atoms with Gasteiger partial charge in [-0.05, 0) is 12.8 Å². The lowest BCUT2D eigenvalue weighted by molar-refractivity contribution is -0.875. The van der Waals surface area contributed by atoms with E-state index in [1.807, 2.05) is 0 Å². The summed E-state index contributed by atoms with van der Waals surface area (Å²) in [7, 11) is 2.17. The lowest BCUT2D eigenvalue weighted by atomic mass is 10.1. The van der Waals surface area contributed by atoms with E-state index in [0.717, 1.165) is 0 Å². The third kappa shape index (κ3) is 8.31. The highest BCUT2D eigenvalue weighted by Crippen LogP contribution is 2.10. The van der Waals surface area contributed by atoms with Gasteiger partial charge in [0, 0.05) is 14.0 Å². The average Bonchev–Trinajstić information content (AvgIpc) is 2.73. The zero-order chi connectivity index (χ0) is 13.9. The molecule has 1 N–H and O–H groups in total. The van der Waals surface area contributed by atoms with Crippen LogP contribution in [0.5, 0.6) is 0 Å². The SMILES string of the molecule is CCCCCCCCCCCC[NH+]1C=CN(C)C1C.[Br-]. The number of nitrogens with zero attached hydrogens (tertiary/aromatic N) is 1. The van der Waals surface area contributed by atoms with Gasteiger partial charge in [-0.15, -0.1) is 0 Å². The van der Waals surface area contributed by atoms with Crippen molar-refractivity contribution in [2.45, 2.75) is 84.2 Å². The molecule has 0 saturated carbocycles. The Morgan fingerprint density at radius 2 is 1.40 bits per heavy atom. The van der Waals surface area contributed by atoms with Crippen LogP contribution in [-0.4, -0.2) is 24.7 Å². The highest BCUT2D eigenvalue weighted by Gasteiger charge is 2.22. The highest BCUT2D eigenvalue weighted by atomic mass is 79.9. The molecule has 0 bridgehead atoms. The van der Waals surface area contributed by atoms with E-state index in [4.69, 9.17) is 0 Å². The van der Waals surface area contributed by atoms with Crippen molar-refractivity contribution in [2.75, 3.05) is 13.6 Å². The molecule has 0 aromatic heterocycles. The molecule has 2 atom stereocenters. The molecule has 0 aromatic carbocycles. The van der Waals surface area contributed by atoms with Crippen molar-refractivity contribution in [2.24, 2.45) is 0 Å². The summed E-state index contributed by atoms with van der Waals surface area (Å²) < 4.78 is 0. The van der Waals surface area contributed by atoms with Gasteiger partial charge in [0.25, 0.3) is 0 Å². The van der Waals surface area contributed by atoms with Gasteiger partial charge in [-0.3, -0.25) is 4.90 Å². The standard InChI is InChI=1S/C17H34N2.BrH/c1-4-5-6-7-8-9-10-11-12-13-14-19-16-15-18(3)17(19)2;/h15-17H,4-14H2,1-3H3;1H. The van der Waals surface area contributed by atoms with E-state index in [1.165, 1.54) is 70.8 Å². The fourth-order valence-corrected chi connectivity index (χ4v) is 2.85. The van der Waals surface area contributed by atoms with Crippen LogP contribution in [0.4, 0.5) is 0 Å². The second kappa shape index (κ2) is 12.7. The molecule has 0 spiro atoms. The number of rotatable bonds is 11. The first-order chi connectivity index (χ1) is 9.25. The zero-order valence-corrected chi connectivity index (χ0v) is 15.4. The summed E-state index contributed by atoms with van der Waals surface area (Å²) >= 11 is 0. The Hall–Kier alpha value is -0.0200. The Balaban J connectivity index is 0.00000361. The molecule has 1 heterocycles. The average molecular weight is 347 g/mol. The van der Waals surface area contributed by atoms with Gasteiger partial charge in [0.2, 0.25) is 0 Å². The summed E-state index contributed by atoms with van der Waals surface area (Å²) in [5.41, 5.74) is 0. The minimum Gasteiger partial charge on any atom is -1.00 e. The fraction of sp³-hybridized carbons (Fsp3) is 0.882. The van der Waals surface area contributed by atoms with E-state index in [9.17, 15) is 0 Å². The Kier molecular flexibility index (Phi) is 12.7. The van der Waals surface area contributed by atoms with Gasteiger partial charge in [-0.25, -0.2) is 0 Å². The van der Waals surface area contributed by atoms with E-state index in [-0.39, 0.29) is 17.0 Å². The van der Waals surface area contributed by atoms with Gasteiger partial charge >= 0.3 is 0 Å². The van der Waals surface area contributed by atoms with Gasteiger partial charge in [-0.1, -0.05) is 58.3 Å². The quantitative estimate of drug-likeness (QED) is 0.537. The number of hydrogen-bond acceptors (Lipinski definition) is 1. The van der Waals surface area contributed by atoms with Crippen LogP contribution in [-0.2, 0) is 0 Å². The van der Waals surface area contributed by atoms with Crippen molar-refractivity contribution in [3.8, 4) is 0 Å². The Labute approximate surface area is 137 Å². The molecule has 0 fully saturated rings. The summed E-state index contributed by atoms with van der Waals surface area (Å²) in [6, 6.07) is 0. The third-order valence-corrected chi connectivity index (χ3v) is 4.49. The summed E-state index contributed by atoms with van der Waals surface area (Å²) in [4.78, 5) is 3.94. The lowest BCUT2D eigenvalue weighted by Crippen LogP contribution is -3.11. The minimum atomic E-state index is 0. The first-order valence-corrected chi connectivity index (χ1v) is 8.51. The molecule has 1 rings (SSSR count). The normalized spacial score (nSPS) is 21.2. The molecular weight excluding hydrogens is 312 g/mol. The molecule has 0 saturated heterocycles. The second-order valence-corrected chi connectivity index (χ2v) is 6.16. The Morgan fingerprint density at radius 3 is 1.85 bits per heavy atom. The van der Waals surface area contributed by atoms with E-state index >= 15 is 0 Å². The van der Waals surface area contributed by atoms with Crippen molar-refractivity contribution in [1.29, 1.82) is 0 Å². The Morgan fingerprint density at radius 1 is 0.900 bits per heavy atom. The molecule has 0 aromatic rings. The Bertz CT molecular complexity index is 243. The summed E-state index contributed by atoms with van der Waals surface area (Å²) in [5.74, 6) is 0. The van der Waals surface area contributed by atoms with Crippen LogP contribution in [0.25, 0.3) is 0 Å². The smallest absolute Gasteiger partial charge is 0.164 e. The molecular formula is C17H35BrN2. The van der Waals surface area contributed by atoms with Gasteiger partial charge in [0.15, 0.2) is 6.17 Å². The predicted octanol–water partition coefficient (Wildman–Crippen LogP) is 0.559. The van der Waals surface area contributed by atoms with Crippen LogP contribution in [0.15, 0.2) is 12.4 Å². The minimum absolute atomic E-state index is 0. The third-order valence-electron chi connectivity index (χ3n) is 4.49. The van der Waals surface area contributed by atoms with Crippen molar-refractivity contribution in [3.05, 3.63) is 12.4 Å². The van der Waals surface area contributed by atoms with Gasteiger partial charge in [0.05, 0.1) is 12.7 Å². The van der Waals surface area contributed by atoms with E-state index < -0.39 is 0 Å². The summed E-state index contributed by atoms with van der Waals surface area (Å²) in [6.07, 6.45) is 19.5. The summed E-state index contributed by atoms with van der Waals surface area (Å²) in [6.45, 7) is 5.90. The monoisotopic (exact) mass is 346 g/mol. The second-order valence-electron chi connectivity index (χ2n) is 6.16. The van der Waals surface area contributed by atoms with E-state index in [1.54, 1.807) is 4.90 Å². The van der Waals surface area contributed by atoms with Crippen LogP contribution < -0.4 is 21.9 Å². The first-order valence-electron chi connectivity index (χ1n) is 8.51. The van der Waals surface area contributed by atoms with Gasteiger partial charge < -0.3 is 21.9 Å². The van der Waals surface area contributed by atoms with Crippen LogP contribution in [0.1, 0.15) is 78.1 Å². The first kappa shape index (κ1) is 20.0. The number of halogens is 1. The highest BCUT2D eigenvalue weighted by molar-refractivity contribution is 4.79. The molecule has 1 aliphatic rings. The molecule has 3 heteroatoms. The molecule has 0 aliphatic carbocycles. The van der Waals surface area contributed by atoms with E-state index in [0.29, 0.717) is 6.17 Å². The maximum atomic E-state index is 2.32. The molecule has 120 valence electrons. The predicted molar refractivity (Wildman–Crippen MR) is 84.0 cm³/mol. The lowest BCUT2D eigenvalue weighted by Gasteiger charge is -2.21. The number of unbranched alkanes of at least 4 members (excludes halogenated alkanes) is 9. The van der Waals surface area contributed by atoms with Crippen molar-refractivity contribution < 1.29 is 21.9 Å². The van der Waals surface area contributed by atoms with Crippen LogP contribution >= 0.6 is 0 Å². The fourth-order valence-electron chi connectivity index (χ4n) is 2.85. The van der Waals surface area contributed by atoms with Crippen molar-refractivity contribution >= 4 is 0 Å². The molecule has 1 aliphatic heterocycles. The van der Waals surface area contributed by atoms with Crippen molar-refractivity contribution in [3.63, 3.8) is 0 Å². The maximum absolute atomic E-state index is 2.32.